The van der Waals surface area contributed by atoms with E-state index in [2.05, 4.69) is 51.4 Å². The topological polar surface area (TPSA) is 15.7 Å². The van der Waals surface area contributed by atoms with E-state index in [1.165, 1.54) is 49.3 Å². The summed E-state index contributed by atoms with van der Waals surface area (Å²) in [6.45, 7) is 10.4. The van der Waals surface area contributed by atoms with Crippen molar-refractivity contribution >= 4 is 22.6 Å². The van der Waals surface area contributed by atoms with E-state index in [9.17, 15) is 0 Å². The molecule has 1 aliphatic heterocycles. The fourth-order valence-corrected chi connectivity index (χ4v) is 2.85. The maximum Gasteiger partial charge on any atom is 0.119 e. The van der Waals surface area contributed by atoms with Gasteiger partial charge < -0.3 is 14.5 Å². The molecule has 0 radical (unpaired) electrons. The van der Waals surface area contributed by atoms with Gasteiger partial charge in [0.2, 0.25) is 0 Å². The van der Waals surface area contributed by atoms with E-state index in [-0.39, 0.29) is 0 Å². The first-order valence-corrected chi connectivity index (χ1v) is 8.69. The summed E-state index contributed by atoms with van der Waals surface area (Å²) in [5.41, 5.74) is 0. The standard InChI is InChI=1S/C16H25IN2O/c1-2-18-10-12-19(13-11-18)9-3-4-14-20-16-7-5-15(17)6-8-16/h5-8H,2-4,9-14H2,1H3. The normalized spacial score (nSPS) is 17.3. The minimum atomic E-state index is 0.829. The van der Waals surface area contributed by atoms with Crippen LogP contribution < -0.4 is 4.74 Å². The number of rotatable bonds is 7. The third-order valence-corrected chi connectivity index (χ3v) is 4.58. The summed E-state index contributed by atoms with van der Waals surface area (Å²) < 4.78 is 7.01. The Morgan fingerprint density at radius 1 is 1.00 bits per heavy atom. The highest BCUT2D eigenvalue weighted by Gasteiger charge is 2.14. The largest absolute Gasteiger partial charge is 0.494 e. The van der Waals surface area contributed by atoms with Crippen molar-refractivity contribution in [2.45, 2.75) is 19.8 Å². The van der Waals surface area contributed by atoms with Crippen molar-refractivity contribution in [2.24, 2.45) is 0 Å². The van der Waals surface area contributed by atoms with Gasteiger partial charge in [0.05, 0.1) is 6.61 Å². The number of ether oxygens (including phenoxy) is 1. The molecule has 3 nitrogen and oxygen atoms in total. The summed E-state index contributed by atoms with van der Waals surface area (Å²) in [7, 11) is 0. The Hall–Kier alpha value is -0.330. The zero-order valence-corrected chi connectivity index (χ0v) is 14.5. The van der Waals surface area contributed by atoms with E-state index in [1.807, 2.05) is 12.1 Å². The molecule has 1 aromatic carbocycles. The lowest BCUT2D eigenvalue weighted by molar-refractivity contribution is 0.134. The second-order valence-corrected chi connectivity index (χ2v) is 6.53. The number of benzene rings is 1. The van der Waals surface area contributed by atoms with Gasteiger partial charge in [-0.2, -0.15) is 0 Å². The second-order valence-electron chi connectivity index (χ2n) is 5.29. The fourth-order valence-electron chi connectivity index (χ4n) is 2.49. The van der Waals surface area contributed by atoms with E-state index >= 15 is 0 Å². The van der Waals surface area contributed by atoms with Crippen LogP contribution in [0.25, 0.3) is 0 Å². The van der Waals surface area contributed by atoms with E-state index in [4.69, 9.17) is 4.74 Å². The van der Waals surface area contributed by atoms with Crippen molar-refractivity contribution in [2.75, 3.05) is 45.9 Å². The molecular weight excluding hydrogens is 363 g/mol. The smallest absolute Gasteiger partial charge is 0.119 e. The highest BCUT2D eigenvalue weighted by atomic mass is 127. The maximum absolute atomic E-state index is 5.75. The van der Waals surface area contributed by atoms with Gasteiger partial charge in [0.15, 0.2) is 0 Å². The summed E-state index contributed by atoms with van der Waals surface area (Å²) in [5, 5.41) is 0. The summed E-state index contributed by atoms with van der Waals surface area (Å²) >= 11 is 2.31. The second kappa shape index (κ2) is 8.85. The van der Waals surface area contributed by atoms with Crippen LogP contribution in [-0.2, 0) is 0 Å². The van der Waals surface area contributed by atoms with Gasteiger partial charge in [0.1, 0.15) is 5.75 Å². The van der Waals surface area contributed by atoms with Crippen LogP contribution in [0.15, 0.2) is 24.3 Å². The van der Waals surface area contributed by atoms with Gasteiger partial charge in [-0.3, -0.25) is 0 Å². The molecule has 0 amide bonds. The molecule has 20 heavy (non-hydrogen) atoms. The summed E-state index contributed by atoms with van der Waals surface area (Å²) in [5.74, 6) is 0.988. The van der Waals surface area contributed by atoms with E-state index in [0.29, 0.717) is 0 Å². The van der Waals surface area contributed by atoms with Crippen LogP contribution in [0.5, 0.6) is 5.75 Å². The fraction of sp³-hybridized carbons (Fsp3) is 0.625. The summed E-state index contributed by atoms with van der Waals surface area (Å²) in [6, 6.07) is 8.27. The van der Waals surface area contributed by atoms with Crippen molar-refractivity contribution in [3.05, 3.63) is 27.8 Å². The van der Waals surface area contributed by atoms with Crippen LogP contribution in [0.3, 0.4) is 0 Å². The number of hydrogen-bond donors (Lipinski definition) is 0. The molecule has 2 rings (SSSR count). The van der Waals surface area contributed by atoms with Crippen LogP contribution in [0.1, 0.15) is 19.8 Å². The molecule has 4 heteroatoms. The number of halogens is 1. The monoisotopic (exact) mass is 388 g/mol. The van der Waals surface area contributed by atoms with E-state index in [1.54, 1.807) is 0 Å². The lowest BCUT2D eigenvalue weighted by atomic mass is 10.2. The summed E-state index contributed by atoms with van der Waals surface area (Å²) in [6.07, 6.45) is 2.37. The third kappa shape index (κ3) is 5.58. The molecule has 0 aromatic heterocycles. The molecular formula is C16H25IN2O. The molecule has 1 heterocycles. The lowest BCUT2D eigenvalue weighted by Crippen LogP contribution is -2.46. The van der Waals surface area contributed by atoms with Crippen molar-refractivity contribution in [1.82, 2.24) is 9.80 Å². The number of unbranched alkanes of at least 4 members (excludes halogenated alkanes) is 1. The van der Waals surface area contributed by atoms with Crippen molar-refractivity contribution in [3.8, 4) is 5.75 Å². The van der Waals surface area contributed by atoms with Gasteiger partial charge in [-0.05, 0) is 72.8 Å². The summed E-state index contributed by atoms with van der Waals surface area (Å²) in [4.78, 5) is 5.10. The zero-order chi connectivity index (χ0) is 14.2. The molecule has 0 N–H and O–H groups in total. The Labute approximate surface area is 136 Å². The Kier molecular flexibility index (Phi) is 7.10. The van der Waals surface area contributed by atoms with Gasteiger partial charge in [-0.15, -0.1) is 0 Å². The van der Waals surface area contributed by atoms with Crippen LogP contribution in [0.2, 0.25) is 0 Å². The Morgan fingerprint density at radius 3 is 2.30 bits per heavy atom. The first-order valence-electron chi connectivity index (χ1n) is 7.61. The van der Waals surface area contributed by atoms with Gasteiger partial charge in [-0.1, -0.05) is 6.92 Å². The zero-order valence-electron chi connectivity index (χ0n) is 12.4. The highest BCUT2D eigenvalue weighted by molar-refractivity contribution is 14.1. The average molecular weight is 388 g/mol. The quantitative estimate of drug-likeness (QED) is 0.528. The van der Waals surface area contributed by atoms with Crippen LogP contribution in [-0.4, -0.2) is 55.7 Å². The molecule has 1 saturated heterocycles. The first kappa shape index (κ1) is 16.0. The molecule has 0 unspecified atom stereocenters. The molecule has 0 saturated carbocycles. The van der Waals surface area contributed by atoms with Gasteiger partial charge in [0.25, 0.3) is 0 Å². The van der Waals surface area contributed by atoms with E-state index < -0.39 is 0 Å². The Bertz CT molecular complexity index is 375. The molecule has 1 fully saturated rings. The number of nitrogens with zero attached hydrogens (tertiary/aromatic N) is 2. The van der Waals surface area contributed by atoms with Gasteiger partial charge in [-0.25, -0.2) is 0 Å². The molecule has 0 bridgehead atoms. The molecule has 0 aliphatic carbocycles. The number of likely N-dealkylation sites (N-methyl/N-ethyl adjacent to an activating group) is 1. The minimum Gasteiger partial charge on any atom is -0.494 e. The molecule has 1 aliphatic rings. The minimum absolute atomic E-state index is 0.829. The maximum atomic E-state index is 5.75. The number of hydrogen-bond acceptors (Lipinski definition) is 3. The molecule has 1 aromatic rings. The Morgan fingerprint density at radius 2 is 1.65 bits per heavy atom. The molecule has 0 atom stereocenters. The predicted molar refractivity (Wildman–Crippen MR) is 92.4 cm³/mol. The van der Waals surface area contributed by atoms with Crippen molar-refractivity contribution < 1.29 is 4.74 Å². The molecule has 0 spiro atoms. The molecule has 112 valence electrons. The predicted octanol–water partition coefficient (Wildman–Crippen LogP) is 3.09. The van der Waals surface area contributed by atoms with Gasteiger partial charge >= 0.3 is 0 Å². The number of piperazine rings is 1. The van der Waals surface area contributed by atoms with Crippen LogP contribution >= 0.6 is 22.6 Å². The SMILES string of the molecule is CCN1CCN(CCCCOc2ccc(I)cc2)CC1. The third-order valence-electron chi connectivity index (χ3n) is 3.86. The van der Waals surface area contributed by atoms with Crippen molar-refractivity contribution in [1.29, 1.82) is 0 Å². The van der Waals surface area contributed by atoms with E-state index in [0.717, 1.165) is 18.8 Å². The lowest BCUT2D eigenvalue weighted by Gasteiger charge is -2.33. The van der Waals surface area contributed by atoms with Crippen molar-refractivity contribution in [3.63, 3.8) is 0 Å². The van der Waals surface area contributed by atoms with Crippen LogP contribution in [0, 0.1) is 3.57 Å². The average Bonchev–Trinajstić information content (AvgIpc) is 2.49. The first-order chi connectivity index (χ1) is 9.78. The highest BCUT2D eigenvalue weighted by Crippen LogP contribution is 2.13. The Balaban J connectivity index is 1.52. The van der Waals surface area contributed by atoms with Gasteiger partial charge in [0, 0.05) is 29.7 Å². The van der Waals surface area contributed by atoms with Crippen LogP contribution in [0.4, 0.5) is 0 Å².